The Morgan fingerprint density at radius 3 is 2.82 bits per heavy atom. The van der Waals surface area contributed by atoms with E-state index in [0.717, 1.165) is 5.56 Å². The van der Waals surface area contributed by atoms with Gasteiger partial charge in [-0.2, -0.15) is 11.3 Å². The number of nitrogens with zero attached hydrogens (tertiary/aromatic N) is 1. The first-order valence-electron chi connectivity index (χ1n) is 6.16. The zero-order chi connectivity index (χ0) is 16.1. The molecule has 0 aliphatic heterocycles. The number of carbonyl (C=O) groups is 1. The molecule has 3 N–H and O–H groups in total. The van der Waals surface area contributed by atoms with Gasteiger partial charge in [-0.05, 0) is 34.5 Å². The minimum atomic E-state index is -0.794. The number of amides is 2. The van der Waals surface area contributed by atoms with Crippen molar-refractivity contribution in [1.29, 1.82) is 0 Å². The van der Waals surface area contributed by atoms with Gasteiger partial charge < -0.3 is 15.7 Å². The summed E-state index contributed by atoms with van der Waals surface area (Å²) in [5.74, 6) is 0. The van der Waals surface area contributed by atoms with Gasteiger partial charge in [0.05, 0.1) is 11.0 Å². The predicted molar refractivity (Wildman–Crippen MR) is 84.4 cm³/mol. The van der Waals surface area contributed by atoms with Crippen molar-refractivity contribution < 1.29 is 14.8 Å². The van der Waals surface area contributed by atoms with Crippen LogP contribution in [0.5, 0.6) is 0 Å². The van der Waals surface area contributed by atoms with Gasteiger partial charge in [0.1, 0.15) is 5.02 Å². The smallest absolute Gasteiger partial charge is 0.319 e. The zero-order valence-corrected chi connectivity index (χ0v) is 12.7. The quantitative estimate of drug-likeness (QED) is 0.573. The van der Waals surface area contributed by atoms with Crippen molar-refractivity contribution in [3.63, 3.8) is 0 Å². The van der Waals surface area contributed by atoms with E-state index in [1.807, 2.05) is 5.38 Å². The Labute approximate surface area is 134 Å². The minimum absolute atomic E-state index is 0.0449. The molecule has 0 spiro atoms. The number of hydrogen-bond acceptors (Lipinski definition) is 5. The Morgan fingerprint density at radius 1 is 1.45 bits per heavy atom. The van der Waals surface area contributed by atoms with E-state index in [-0.39, 0.29) is 17.3 Å². The molecule has 7 nitrogen and oxygen atoms in total. The number of rotatable bonds is 5. The van der Waals surface area contributed by atoms with Crippen molar-refractivity contribution >= 4 is 40.3 Å². The summed E-state index contributed by atoms with van der Waals surface area (Å²) in [7, 11) is 0. The van der Waals surface area contributed by atoms with Gasteiger partial charge in [-0.3, -0.25) is 10.1 Å². The van der Waals surface area contributed by atoms with E-state index < -0.39 is 17.1 Å². The van der Waals surface area contributed by atoms with Crippen molar-refractivity contribution in [2.45, 2.75) is 6.10 Å². The molecule has 1 aromatic carbocycles. The highest BCUT2D eigenvalue weighted by Crippen LogP contribution is 2.27. The highest BCUT2D eigenvalue weighted by Gasteiger charge is 2.14. The second-order valence-electron chi connectivity index (χ2n) is 4.33. The second-order valence-corrected chi connectivity index (χ2v) is 5.52. The number of anilines is 1. The van der Waals surface area contributed by atoms with E-state index in [0.29, 0.717) is 5.69 Å². The molecule has 0 saturated carbocycles. The number of nitrogens with one attached hydrogen (secondary N) is 2. The number of halogens is 1. The van der Waals surface area contributed by atoms with Crippen molar-refractivity contribution in [3.05, 3.63) is 55.7 Å². The van der Waals surface area contributed by atoms with Crippen LogP contribution in [0.15, 0.2) is 35.0 Å². The van der Waals surface area contributed by atoms with E-state index >= 15 is 0 Å². The molecule has 1 atom stereocenters. The van der Waals surface area contributed by atoms with Crippen molar-refractivity contribution in [2.75, 3.05) is 11.9 Å². The molecule has 1 unspecified atom stereocenters. The lowest BCUT2D eigenvalue weighted by Crippen LogP contribution is -2.32. The van der Waals surface area contributed by atoms with Crippen LogP contribution in [0.4, 0.5) is 16.2 Å². The Morgan fingerprint density at radius 2 is 2.23 bits per heavy atom. The number of nitro benzene ring substituents is 1. The number of aliphatic hydroxyl groups excluding tert-OH is 1. The maximum atomic E-state index is 11.7. The third kappa shape index (κ3) is 4.17. The molecule has 0 aliphatic rings. The van der Waals surface area contributed by atoms with Crippen LogP contribution in [0.2, 0.25) is 5.02 Å². The van der Waals surface area contributed by atoms with E-state index in [1.54, 1.807) is 11.4 Å². The monoisotopic (exact) mass is 341 g/mol. The maximum Gasteiger partial charge on any atom is 0.319 e. The van der Waals surface area contributed by atoms with Crippen LogP contribution in [0, 0.1) is 10.1 Å². The molecule has 116 valence electrons. The predicted octanol–water partition coefficient (Wildman–Crippen LogP) is 3.16. The van der Waals surface area contributed by atoms with Gasteiger partial charge in [0.25, 0.3) is 5.69 Å². The molecule has 2 amide bonds. The van der Waals surface area contributed by atoms with E-state index in [2.05, 4.69) is 10.6 Å². The SMILES string of the molecule is O=C(NCC(O)c1ccsc1)Nc1ccc([N+](=O)[O-])c(Cl)c1. The van der Waals surface area contributed by atoms with Gasteiger partial charge in [-0.1, -0.05) is 11.6 Å². The van der Waals surface area contributed by atoms with Crippen LogP contribution < -0.4 is 10.6 Å². The van der Waals surface area contributed by atoms with E-state index in [1.165, 1.54) is 29.5 Å². The number of nitro groups is 1. The number of thiophene rings is 1. The molecule has 2 aromatic rings. The summed E-state index contributed by atoms with van der Waals surface area (Å²) in [4.78, 5) is 21.7. The van der Waals surface area contributed by atoms with Gasteiger partial charge in [0, 0.05) is 18.3 Å². The third-order valence-electron chi connectivity index (χ3n) is 2.79. The molecule has 0 radical (unpaired) electrons. The number of aliphatic hydroxyl groups is 1. The number of carbonyl (C=O) groups excluding carboxylic acids is 1. The molecule has 2 rings (SSSR count). The molecule has 1 heterocycles. The van der Waals surface area contributed by atoms with E-state index in [4.69, 9.17) is 11.6 Å². The van der Waals surface area contributed by atoms with Crippen LogP contribution in [-0.2, 0) is 0 Å². The summed E-state index contributed by atoms with van der Waals surface area (Å²) >= 11 is 7.20. The number of urea groups is 1. The summed E-state index contributed by atoms with van der Waals surface area (Å²) in [6.45, 7) is 0.0449. The summed E-state index contributed by atoms with van der Waals surface area (Å²) in [5.41, 5.74) is 0.808. The fraction of sp³-hybridized carbons (Fsp3) is 0.154. The fourth-order valence-electron chi connectivity index (χ4n) is 1.68. The molecule has 0 aliphatic carbocycles. The van der Waals surface area contributed by atoms with Crippen LogP contribution in [0.1, 0.15) is 11.7 Å². The van der Waals surface area contributed by atoms with Gasteiger partial charge >= 0.3 is 6.03 Å². The summed E-state index contributed by atoms with van der Waals surface area (Å²) in [5, 5.41) is 29.0. The molecule has 0 fully saturated rings. The van der Waals surface area contributed by atoms with Crippen LogP contribution in [-0.4, -0.2) is 22.6 Å². The summed E-state index contributed by atoms with van der Waals surface area (Å²) in [6, 6.07) is 5.09. The van der Waals surface area contributed by atoms with Crippen LogP contribution >= 0.6 is 22.9 Å². The average molecular weight is 342 g/mol. The largest absolute Gasteiger partial charge is 0.387 e. The zero-order valence-electron chi connectivity index (χ0n) is 11.2. The highest BCUT2D eigenvalue weighted by molar-refractivity contribution is 7.07. The Hall–Kier alpha value is -2.16. The van der Waals surface area contributed by atoms with Crippen LogP contribution in [0.3, 0.4) is 0 Å². The van der Waals surface area contributed by atoms with Gasteiger partial charge in [0.15, 0.2) is 0 Å². The first-order valence-corrected chi connectivity index (χ1v) is 7.48. The Bertz CT molecular complexity index is 678. The molecule has 0 saturated heterocycles. The Kier molecular flexibility index (Phi) is 5.31. The van der Waals surface area contributed by atoms with Gasteiger partial charge in [-0.15, -0.1) is 0 Å². The lowest BCUT2D eigenvalue weighted by atomic mass is 10.2. The second kappa shape index (κ2) is 7.21. The van der Waals surface area contributed by atoms with Crippen LogP contribution in [0.25, 0.3) is 0 Å². The third-order valence-corrected chi connectivity index (χ3v) is 3.79. The van der Waals surface area contributed by atoms with Gasteiger partial charge in [0.2, 0.25) is 0 Å². The minimum Gasteiger partial charge on any atom is -0.387 e. The molecular formula is C13H12ClN3O4S. The van der Waals surface area contributed by atoms with Crippen molar-refractivity contribution in [3.8, 4) is 0 Å². The number of hydrogen-bond donors (Lipinski definition) is 3. The molecule has 22 heavy (non-hydrogen) atoms. The lowest BCUT2D eigenvalue weighted by molar-refractivity contribution is -0.384. The van der Waals surface area contributed by atoms with Crippen molar-refractivity contribution in [2.24, 2.45) is 0 Å². The lowest BCUT2D eigenvalue weighted by Gasteiger charge is -2.11. The number of benzene rings is 1. The molecule has 0 bridgehead atoms. The normalized spacial score (nSPS) is 11.7. The molecule has 9 heteroatoms. The standard InChI is InChI=1S/C13H12ClN3O4S/c14-10-5-9(1-2-11(10)17(20)21)16-13(19)15-6-12(18)8-3-4-22-7-8/h1-5,7,12,18H,6H2,(H2,15,16,19). The van der Waals surface area contributed by atoms with Crippen molar-refractivity contribution in [1.82, 2.24) is 5.32 Å². The van der Waals surface area contributed by atoms with Gasteiger partial charge in [-0.25, -0.2) is 4.79 Å². The summed E-state index contributed by atoms with van der Waals surface area (Å²) in [6.07, 6.45) is -0.794. The summed E-state index contributed by atoms with van der Waals surface area (Å²) < 4.78 is 0. The molecular weight excluding hydrogens is 330 g/mol. The first kappa shape index (κ1) is 16.2. The topological polar surface area (TPSA) is 104 Å². The van der Waals surface area contributed by atoms with E-state index in [9.17, 15) is 20.0 Å². The fourth-order valence-corrected chi connectivity index (χ4v) is 2.64. The molecule has 1 aromatic heterocycles. The maximum absolute atomic E-state index is 11.7. The average Bonchev–Trinajstić information content (AvgIpc) is 2.98. The Balaban J connectivity index is 1.89. The first-order chi connectivity index (χ1) is 10.5. The highest BCUT2D eigenvalue weighted by atomic mass is 35.5.